The van der Waals surface area contributed by atoms with E-state index in [0.717, 1.165) is 42.3 Å². The number of pyridine rings is 1. The van der Waals surface area contributed by atoms with Crippen molar-refractivity contribution in [2.45, 2.75) is 31.9 Å². The smallest absolute Gasteiger partial charge is 0.340 e. The highest BCUT2D eigenvalue weighted by molar-refractivity contribution is 5.39. The number of anilines is 1. The molecule has 0 aliphatic carbocycles. The Labute approximate surface area is 147 Å². The van der Waals surface area contributed by atoms with Crippen LogP contribution in [0.2, 0.25) is 0 Å². The highest BCUT2D eigenvalue weighted by atomic mass is 19.4. The van der Waals surface area contributed by atoms with Gasteiger partial charge in [0.05, 0.1) is 0 Å². The predicted octanol–water partition coefficient (Wildman–Crippen LogP) is 2.26. The number of aromatic nitrogens is 6. The molecule has 1 aliphatic heterocycles. The van der Waals surface area contributed by atoms with Crippen LogP contribution in [0.3, 0.4) is 0 Å². The summed E-state index contributed by atoms with van der Waals surface area (Å²) in [4.78, 5) is 10.9. The van der Waals surface area contributed by atoms with Crippen LogP contribution in [0.1, 0.15) is 30.2 Å². The summed E-state index contributed by atoms with van der Waals surface area (Å²) in [7, 11) is 1.82. The van der Waals surface area contributed by atoms with Crippen LogP contribution in [0.25, 0.3) is 5.65 Å². The maximum atomic E-state index is 13.1. The summed E-state index contributed by atoms with van der Waals surface area (Å²) in [5.74, 6) is 1.83. The van der Waals surface area contributed by atoms with Gasteiger partial charge >= 0.3 is 6.18 Å². The number of nitrogens with zero attached hydrogens (tertiary/aromatic N) is 7. The van der Waals surface area contributed by atoms with E-state index in [1.807, 2.05) is 7.05 Å². The first-order valence-corrected chi connectivity index (χ1v) is 8.48. The van der Waals surface area contributed by atoms with Crippen LogP contribution < -0.4 is 4.90 Å². The Hall–Kier alpha value is -2.65. The number of rotatable bonds is 4. The second-order valence-corrected chi connectivity index (χ2v) is 6.35. The molecular formula is C16H18F3N7. The second-order valence-electron chi connectivity index (χ2n) is 6.35. The monoisotopic (exact) mass is 365 g/mol. The lowest BCUT2D eigenvalue weighted by atomic mass is 10.3. The van der Waals surface area contributed by atoms with Gasteiger partial charge in [0.15, 0.2) is 11.5 Å². The molecule has 4 rings (SSSR count). The van der Waals surface area contributed by atoms with Crippen molar-refractivity contribution in [3.8, 4) is 0 Å². The molecule has 1 saturated heterocycles. The third-order valence-electron chi connectivity index (χ3n) is 4.50. The third kappa shape index (κ3) is 3.11. The van der Waals surface area contributed by atoms with Gasteiger partial charge < -0.3 is 4.90 Å². The van der Waals surface area contributed by atoms with Gasteiger partial charge in [-0.1, -0.05) is 6.07 Å². The summed E-state index contributed by atoms with van der Waals surface area (Å²) in [6.45, 7) is 1.91. The molecule has 1 aliphatic rings. The molecular weight excluding hydrogens is 347 g/mol. The lowest BCUT2D eigenvalue weighted by molar-refractivity contribution is -0.142. The normalized spacial score (nSPS) is 15.3. The molecule has 0 radical (unpaired) electrons. The second kappa shape index (κ2) is 6.26. The van der Waals surface area contributed by atoms with Gasteiger partial charge in [-0.25, -0.2) is 9.50 Å². The SMILES string of the molecule is Cn1nc(N2CCCC2)nc1CCc1nc2cccc(C(F)(F)F)n2n1. The zero-order valence-electron chi connectivity index (χ0n) is 14.2. The van der Waals surface area contributed by atoms with Gasteiger partial charge in [0.25, 0.3) is 0 Å². The molecule has 10 heteroatoms. The molecule has 26 heavy (non-hydrogen) atoms. The van der Waals surface area contributed by atoms with Gasteiger partial charge in [0.1, 0.15) is 11.5 Å². The van der Waals surface area contributed by atoms with E-state index in [-0.39, 0.29) is 5.65 Å². The Kier molecular flexibility index (Phi) is 4.04. The van der Waals surface area contributed by atoms with Crippen LogP contribution in [0.4, 0.5) is 19.1 Å². The summed E-state index contributed by atoms with van der Waals surface area (Å²) in [5, 5.41) is 8.46. The fourth-order valence-corrected chi connectivity index (χ4v) is 3.16. The maximum absolute atomic E-state index is 13.1. The van der Waals surface area contributed by atoms with Crippen molar-refractivity contribution in [1.29, 1.82) is 0 Å². The molecule has 3 aromatic heterocycles. The van der Waals surface area contributed by atoms with E-state index in [0.29, 0.717) is 24.6 Å². The van der Waals surface area contributed by atoms with E-state index in [1.54, 1.807) is 4.68 Å². The number of hydrogen-bond donors (Lipinski definition) is 0. The highest BCUT2D eigenvalue weighted by Crippen LogP contribution is 2.29. The molecule has 0 unspecified atom stereocenters. The Morgan fingerprint density at radius 3 is 2.54 bits per heavy atom. The van der Waals surface area contributed by atoms with Crippen LogP contribution >= 0.6 is 0 Å². The minimum Gasteiger partial charge on any atom is -0.340 e. The Morgan fingerprint density at radius 2 is 1.81 bits per heavy atom. The number of aryl methyl sites for hydroxylation is 3. The van der Waals surface area contributed by atoms with E-state index in [2.05, 4.69) is 25.1 Å². The lowest BCUT2D eigenvalue weighted by Gasteiger charge is -2.10. The van der Waals surface area contributed by atoms with E-state index < -0.39 is 11.9 Å². The van der Waals surface area contributed by atoms with Crippen LogP contribution in [0, 0.1) is 0 Å². The number of halogens is 3. The largest absolute Gasteiger partial charge is 0.433 e. The molecule has 0 saturated carbocycles. The number of hydrogen-bond acceptors (Lipinski definition) is 5. The molecule has 7 nitrogen and oxygen atoms in total. The summed E-state index contributed by atoms with van der Waals surface area (Å²) >= 11 is 0. The van der Waals surface area contributed by atoms with Crippen molar-refractivity contribution in [1.82, 2.24) is 29.4 Å². The molecule has 0 aromatic carbocycles. The fourth-order valence-electron chi connectivity index (χ4n) is 3.16. The first kappa shape index (κ1) is 16.8. The highest BCUT2D eigenvalue weighted by Gasteiger charge is 2.34. The van der Waals surface area contributed by atoms with Gasteiger partial charge in [-0.3, -0.25) is 4.68 Å². The summed E-state index contributed by atoms with van der Waals surface area (Å²) in [5.41, 5.74) is -0.644. The van der Waals surface area contributed by atoms with Crippen molar-refractivity contribution < 1.29 is 13.2 Å². The van der Waals surface area contributed by atoms with Gasteiger partial charge in [0.2, 0.25) is 5.95 Å². The van der Waals surface area contributed by atoms with E-state index in [1.165, 1.54) is 12.1 Å². The summed E-state index contributed by atoms with van der Waals surface area (Å²) in [6, 6.07) is 3.84. The third-order valence-corrected chi connectivity index (χ3v) is 4.50. The van der Waals surface area contributed by atoms with Crippen molar-refractivity contribution in [2.75, 3.05) is 18.0 Å². The summed E-state index contributed by atoms with van der Waals surface area (Å²) in [6.07, 6.45) is -1.29. The van der Waals surface area contributed by atoms with E-state index in [9.17, 15) is 13.2 Å². The van der Waals surface area contributed by atoms with Gasteiger partial charge in [-0.15, -0.1) is 5.10 Å². The summed E-state index contributed by atoms with van der Waals surface area (Å²) < 4.78 is 41.8. The minimum atomic E-state index is -4.47. The lowest BCUT2D eigenvalue weighted by Crippen LogP contribution is -2.19. The van der Waals surface area contributed by atoms with Crippen molar-refractivity contribution in [3.63, 3.8) is 0 Å². The first-order chi connectivity index (χ1) is 12.4. The molecule has 0 N–H and O–H groups in total. The molecule has 0 amide bonds. The molecule has 4 heterocycles. The van der Waals surface area contributed by atoms with Crippen molar-refractivity contribution >= 4 is 11.6 Å². The van der Waals surface area contributed by atoms with E-state index >= 15 is 0 Å². The molecule has 0 spiro atoms. The minimum absolute atomic E-state index is 0.186. The predicted molar refractivity (Wildman–Crippen MR) is 87.8 cm³/mol. The zero-order chi connectivity index (χ0) is 18.3. The van der Waals surface area contributed by atoms with Gasteiger partial charge in [0, 0.05) is 33.0 Å². The quantitative estimate of drug-likeness (QED) is 0.710. The molecule has 138 valence electrons. The molecule has 0 atom stereocenters. The van der Waals surface area contributed by atoms with Crippen molar-refractivity contribution in [3.05, 3.63) is 35.5 Å². The average molecular weight is 365 g/mol. The number of fused-ring (bicyclic) bond motifs is 1. The zero-order valence-corrected chi connectivity index (χ0v) is 14.2. The Morgan fingerprint density at radius 1 is 1.04 bits per heavy atom. The molecule has 3 aromatic rings. The Bertz CT molecular complexity index is 922. The topological polar surface area (TPSA) is 64.1 Å². The maximum Gasteiger partial charge on any atom is 0.433 e. The fraction of sp³-hybridized carbons (Fsp3) is 0.500. The molecule has 0 bridgehead atoms. The van der Waals surface area contributed by atoms with Crippen LogP contribution in [0.15, 0.2) is 18.2 Å². The van der Waals surface area contributed by atoms with Crippen LogP contribution in [0.5, 0.6) is 0 Å². The number of alkyl halides is 3. The first-order valence-electron chi connectivity index (χ1n) is 8.48. The van der Waals surface area contributed by atoms with Crippen LogP contribution in [-0.4, -0.2) is 42.5 Å². The van der Waals surface area contributed by atoms with Gasteiger partial charge in [-0.2, -0.15) is 23.3 Å². The van der Waals surface area contributed by atoms with Gasteiger partial charge in [-0.05, 0) is 25.0 Å². The average Bonchev–Trinajstić information content (AvgIpc) is 3.30. The van der Waals surface area contributed by atoms with Crippen LogP contribution in [-0.2, 0) is 26.1 Å². The standard InChI is InChI=1S/C16H18F3N7/c1-24-13(21-15(23-24)25-9-2-3-10-25)8-7-12-20-14-6-4-5-11(16(17,18)19)26(14)22-12/h4-6H,2-3,7-10H2,1H3. The van der Waals surface area contributed by atoms with Crippen molar-refractivity contribution in [2.24, 2.45) is 7.05 Å². The molecule has 1 fully saturated rings. The van der Waals surface area contributed by atoms with E-state index in [4.69, 9.17) is 0 Å². The Balaban J connectivity index is 1.53.